The highest BCUT2D eigenvalue weighted by molar-refractivity contribution is 5.97. The van der Waals surface area contributed by atoms with Crippen molar-refractivity contribution in [1.29, 1.82) is 0 Å². The molecule has 1 amide bonds. The fraction of sp³-hybridized carbons (Fsp3) is 0.462. The van der Waals surface area contributed by atoms with Gasteiger partial charge in [0.05, 0.1) is 19.8 Å². The van der Waals surface area contributed by atoms with Gasteiger partial charge in [0.15, 0.2) is 0 Å². The lowest BCUT2D eigenvalue weighted by molar-refractivity contribution is 0.0789. The molecule has 17 heavy (non-hydrogen) atoms. The molecular weight excluding hydrogens is 218 g/mol. The molecule has 0 aromatic heterocycles. The maximum atomic E-state index is 12.3. The van der Waals surface area contributed by atoms with Gasteiger partial charge in [0.2, 0.25) is 0 Å². The number of nitrogens with zero attached hydrogens (tertiary/aromatic N) is 1. The van der Waals surface area contributed by atoms with E-state index in [2.05, 4.69) is 0 Å². The smallest absolute Gasteiger partial charge is 0.257 e. The van der Waals surface area contributed by atoms with E-state index in [4.69, 9.17) is 9.47 Å². The zero-order valence-corrected chi connectivity index (χ0v) is 10.2. The van der Waals surface area contributed by atoms with E-state index in [1.807, 2.05) is 4.90 Å². The zero-order chi connectivity index (χ0) is 12.3. The van der Waals surface area contributed by atoms with Crippen molar-refractivity contribution in [1.82, 2.24) is 4.90 Å². The van der Waals surface area contributed by atoms with E-state index in [1.165, 1.54) is 0 Å². The van der Waals surface area contributed by atoms with Crippen molar-refractivity contribution in [3.8, 4) is 11.5 Å². The van der Waals surface area contributed by atoms with Crippen molar-refractivity contribution in [2.45, 2.75) is 12.8 Å². The van der Waals surface area contributed by atoms with Gasteiger partial charge in [0, 0.05) is 13.1 Å². The van der Waals surface area contributed by atoms with E-state index in [-0.39, 0.29) is 5.91 Å². The maximum Gasteiger partial charge on any atom is 0.257 e. The molecule has 1 aromatic carbocycles. The molecule has 0 N–H and O–H groups in total. The second-order valence-corrected chi connectivity index (χ2v) is 4.07. The van der Waals surface area contributed by atoms with E-state index in [9.17, 15) is 4.79 Å². The summed E-state index contributed by atoms with van der Waals surface area (Å²) in [5.41, 5.74) is 0.578. The number of carbonyl (C=O) groups excluding carboxylic acids is 1. The Kier molecular flexibility index (Phi) is 3.52. The van der Waals surface area contributed by atoms with Crippen LogP contribution in [-0.2, 0) is 0 Å². The molecule has 1 heterocycles. The lowest BCUT2D eigenvalue weighted by Crippen LogP contribution is -2.28. The van der Waals surface area contributed by atoms with Crippen LogP contribution >= 0.6 is 0 Å². The Bertz CT molecular complexity index is 411. The number of benzene rings is 1. The van der Waals surface area contributed by atoms with Crippen LogP contribution in [0.3, 0.4) is 0 Å². The summed E-state index contributed by atoms with van der Waals surface area (Å²) in [6, 6.07) is 5.29. The van der Waals surface area contributed by atoms with Gasteiger partial charge in [-0.3, -0.25) is 4.79 Å². The first-order chi connectivity index (χ1) is 8.26. The van der Waals surface area contributed by atoms with Crippen LogP contribution in [0.2, 0.25) is 0 Å². The van der Waals surface area contributed by atoms with Crippen LogP contribution in [0.25, 0.3) is 0 Å². The normalized spacial score (nSPS) is 14.8. The third kappa shape index (κ3) is 2.35. The number of likely N-dealkylation sites (tertiary alicyclic amines) is 1. The van der Waals surface area contributed by atoms with Crippen molar-refractivity contribution in [2.75, 3.05) is 27.3 Å². The number of rotatable bonds is 3. The van der Waals surface area contributed by atoms with Gasteiger partial charge in [-0.25, -0.2) is 0 Å². The van der Waals surface area contributed by atoms with Gasteiger partial charge >= 0.3 is 0 Å². The standard InChI is InChI=1S/C13H17NO3/c1-16-10-5-6-12(17-2)11(9-10)13(15)14-7-3-4-8-14/h5-6,9H,3-4,7-8H2,1-2H3. The zero-order valence-electron chi connectivity index (χ0n) is 10.2. The fourth-order valence-electron chi connectivity index (χ4n) is 2.07. The minimum absolute atomic E-state index is 0.0262. The average Bonchev–Trinajstić information content (AvgIpc) is 2.91. The maximum absolute atomic E-state index is 12.3. The van der Waals surface area contributed by atoms with Crippen LogP contribution in [0.4, 0.5) is 0 Å². The molecule has 4 nitrogen and oxygen atoms in total. The molecule has 1 fully saturated rings. The van der Waals surface area contributed by atoms with Crippen LogP contribution in [0.5, 0.6) is 11.5 Å². The third-order valence-corrected chi connectivity index (χ3v) is 3.03. The predicted octanol–water partition coefficient (Wildman–Crippen LogP) is 1.94. The van der Waals surface area contributed by atoms with Crippen LogP contribution < -0.4 is 9.47 Å². The summed E-state index contributed by atoms with van der Waals surface area (Å²) in [5, 5.41) is 0. The lowest BCUT2D eigenvalue weighted by atomic mass is 10.1. The molecule has 0 bridgehead atoms. The minimum Gasteiger partial charge on any atom is -0.497 e. The summed E-state index contributed by atoms with van der Waals surface area (Å²) in [6.07, 6.45) is 2.16. The number of carbonyl (C=O) groups is 1. The van der Waals surface area contributed by atoms with Gasteiger partial charge < -0.3 is 14.4 Å². The quantitative estimate of drug-likeness (QED) is 0.803. The summed E-state index contributed by atoms with van der Waals surface area (Å²) in [4.78, 5) is 14.1. The van der Waals surface area contributed by atoms with Crippen molar-refractivity contribution in [3.05, 3.63) is 23.8 Å². The second kappa shape index (κ2) is 5.08. The molecule has 1 aliphatic rings. The van der Waals surface area contributed by atoms with E-state index >= 15 is 0 Å². The number of ether oxygens (including phenoxy) is 2. The molecule has 0 spiro atoms. The minimum atomic E-state index is 0.0262. The molecule has 1 saturated heterocycles. The highest BCUT2D eigenvalue weighted by atomic mass is 16.5. The monoisotopic (exact) mass is 235 g/mol. The van der Waals surface area contributed by atoms with Gasteiger partial charge in [-0.2, -0.15) is 0 Å². The first-order valence-electron chi connectivity index (χ1n) is 5.77. The highest BCUT2D eigenvalue weighted by Crippen LogP contribution is 2.26. The Morgan fingerprint density at radius 3 is 2.47 bits per heavy atom. The fourth-order valence-corrected chi connectivity index (χ4v) is 2.07. The topological polar surface area (TPSA) is 38.8 Å². The largest absolute Gasteiger partial charge is 0.497 e. The summed E-state index contributed by atoms with van der Waals surface area (Å²) in [5.74, 6) is 1.30. The summed E-state index contributed by atoms with van der Waals surface area (Å²) in [7, 11) is 3.16. The molecule has 0 saturated carbocycles. The van der Waals surface area contributed by atoms with E-state index in [0.29, 0.717) is 17.1 Å². The van der Waals surface area contributed by atoms with Crippen LogP contribution in [0.1, 0.15) is 23.2 Å². The molecule has 0 aliphatic carbocycles. The second-order valence-electron chi connectivity index (χ2n) is 4.07. The van der Waals surface area contributed by atoms with Gasteiger partial charge in [0.25, 0.3) is 5.91 Å². The van der Waals surface area contributed by atoms with Crippen LogP contribution in [0.15, 0.2) is 18.2 Å². The van der Waals surface area contributed by atoms with E-state index < -0.39 is 0 Å². The Balaban J connectivity index is 2.30. The predicted molar refractivity (Wildman–Crippen MR) is 64.7 cm³/mol. The van der Waals surface area contributed by atoms with Crippen LogP contribution in [0, 0.1) is 0 Å². The first kappa shape index (κ1) is 11.8. The molecule has 0 atom stereocenters. The average molecular weight is 235 g/mol. The third-order valence-electron chi connectivity index (χ3n) is 3.03. The van der Waals surface area contributed by atoms with Crippen molar-refractivity contribution in [3.63, 3.8) is 0 Å². The number of methoxy groups -OCH3 is 2. The molecule has 2 rings (SSSR count). The molecule has 92 valence electrons. The van der Waals surface area contributed by atoms with Gasteiger partial charge in [-0.15, -0.1) is 0 Å². The Morgan fingerprint density at radius 2 is 1.88 bits per heavy atom. The van der Waals surface area contributed by atoms with E-state index in [0.717, 1.165) is 25.9 Å². The van der Waals surface area contributed by atoms with Crippen molar-refractivity contribution >= 4 is 5.91 Å². The molecule has 0 unspecified atom stereocenters. The van der Waals surface area contributed by atoms with Gasteiger partial charge in [0.1, 0.15) is 11.5 Å². The molecule has 4 heteroatoms. The summed E-state index contributed by atoms with van der Waals surface area (Å²) >= 11 is 0. The number of amides is 1. The molecule has 1 aromatic rings. The van der Waals surface area contributed by atoms with Gasteiger partial charge in [-0.05, 0) is 31.0 Å². The molecule has 1 aliphatic heterocycles. The lowest BCUT2D eigenvalue weighted by Gasteiger charge is -2.17. The highest BCUT2D eigenvalue weighted by Gasteiger charge is 2.22. The summed E-state index contributed by atoms with van der Waals surface area (Å²) < 4.78 is 10.4. The number of hydrogen-bond donors (Lipinski definition) is 0. The van der Waals surface area contributed by atoms with Crippen molar-refractivity contribution < 1.29 is 14.3 Å². The Morgan fingerprint density at radius 1 is 1.18 bits per heavy atom. The Hall–Kier alpha value is -1.71. The Labute approximate surface area is 101 Å². The molecular formula is C13H17NO3. The van der Waals surface area contributed by atoms with Gasteiger partial charge in [-0.1, -0.05) is 0 Å². The SMILES string of the molecule is COc1ccc(OC)c(C(=O)N2CCCC2)c1. The summed E-state index contributed by atoms with van der Waals surface area (Å²) in [6.45, 7) is 1.67. The molecule has 0 radical (unpaired) electrons. The number of hydrogen-bond acceptors (Lipinski definition) is 3. The first-order valence-corrected chi connectivity index (χ1v) is 5.77. The van der Waals surface area contributed by atoms with E-state index in [1.54, 1.807) is 32.4 Å². The van der Waals surface area contributed by atoms with Crippen LogP contribution in [-0.4, -0.2) is 38.1 Å². The van der Waals surface area contributed by atoms with Crippen molar-refractivity contribution in [2.24, 2.45) is 0 Å².